The second kappa shape index (κ2) is 5.74. The Kier molecular flexibility index (Phi) is 4.16. The Morgan fingerprint density at radius 1 is 1.09 bits per heavy atom. The Balaban J connectivity index is 2.42. The van der Waals surface area contributed by atoms with Crippen LogP contribution < -0.4 is 5.56 Å². The average Bonchev–Trinajstić information content (AvgIpc) is 2.46. The number of carboxylic acid groups (broad SMARTS) is 1. The van der Waals surface area contributed by atoms with Gasteiger partial charge >= 0.3 is 5.97 Å². The van der Waals surface area contributed by atoms with Crippen molar-refractivity contribution in [1.82, 2.24) is 9.29 Å². The van der Waals surface area contributed by atoms with E-state index in [9.17, 15) is 18.0 Å². The molecule has 0 bridgehead atoms. The predicted molar refractivity (Wildman–Crippen MR) is 80.3 cm³/mol. The molecule has 2 rings (SSSR count). The molecule has 0 aliphatic heterocycles. The van der Waals surface area contributed by atoms with E-state index in [0.29, 0.717) is 11.3 Å². The summed E-state index contributed by atoms with van der Waals surface area (Å²) in [6, 6.07) is 8.60. The molecule has 1 aromatic carbocycles. The maximum Gasteiger partial charge on any atom is 0.341 e. The molecule has 0 aliphatic rings. The first kappa shape index (κ1) is 15.9. The normalized spacial score (nSPS) is 11.6. The molecule has 116 valence electrons. The number of pyridine rings is 1. The molecule has 7 nitrogen and oxygen atoms in total. The van der Waals surface area contributed by atoms with Gasteiger partial charge in [0.15, 0.2) is 0 Å². The highest BCUT2D eigenvalue weighted by Crippen LogP contribution is 2.20. The lowest BCUT2D eigenvalue weighted by Gasteiger charge is -2.11. The van der Waals surface area contributed by atoms with Crippen molar-refractivity contribution < 1.29 is 18.3 Å². The molecule has 0 atom stereocenters. The monoisotopic (exact) mass is 322 g/mol. The first-order valence-electron chi connectivity index (χ1n) is 6.23. The van der Waals surface area contributed by atoms with Gasteiger partial charge in [-0.1, -0.05) is 12.1 Å². The summed E-state index contributed by atoms with van der Waals surface area (Å²) in [5, 5.41) is 8.81. The fourth-order valence-electron chi connectivity index (χ4n) is 1.83. The number of aromatic carboxylic acids is 1. The van der Waals surface area contributed by atoms with E-state index >= 15 is 0 Å². The highest BCUT2D eigenvalue weighted by molar-refractivity contribution is 7.89. The summed E-state index contributed by atoms with van der Waals surface area (Å²) in [4.78, 5) is 25.0. The molecule has 0 amide bonds. The number of nitrogens with one attached hydrogen (secondary N) is 1. The van der Waals surface area contributed by atoms with E-state index in [0.717, 1.165) is 4.31 Å². The largest absolute Gasteiger partial charge is 0.477 e. The molecule has 0 saturated carbocycles. The average molecular weight is 322 g/mol. The lowest BCUT2D eigenvalue weighted by atomic mass is 10.1. The van der Waals surface area contributed by atoms with E-state index < -0.39 is 21.6 Å². The quantitative estimate of drug-likeness (QED) is 0.873. The molecule has 0 unspecified atom stereocenters. The molecule has 22 heavy (non-hydrogen) atoms. The number of aromatic amines is 1. The van der Waals surface area contributed by atoms with Crippen molar-refractivity contribution in [2.75, 3.05) is 14.1 Å². The Labute approximate surface area is 126 Å². The number of carbonyl (C=O) groups is 1. The van der Waals surface area contributed by atoms with Gasteiger partial charge in [-0.05, 0) is 29.8 Å². The van der Waals surface area contributed by atoms with Crippen LogP contribution in [0.25, 0.3) is 11.3 Å². The van der Waals surface area contributed by atoms with Gasteiger partial charge in [0, 0.05) is 19.8 Å². The minimum absolute atomic E-state index is 0.130. The smallest absolute Gasteiger partial charge is 0.341 e. The van der Waals surface area contributed by atoms with Gasteiger partial charge in [-0.3, -0.25) is 4.79 Å². The molecule has 8 heteroatoms. The summed E-state index contributed by atoms with van der Waals surface area (Å²) in [6.45, 7) is 0. The number of carboxylic acids is 1. The van der Waals surface area contributed by atoms with Gasteiger partial charge in [-0.25, -0.2) is 17.5 Å². The van der Waals surface area contributed by atoms with Gasteiger partial charge in [0.2, 0.25) is 10.0 Å². The zero-order chi connectivity index (χ0) is 16.5. The fourth-order valence-corrected chi connectivity index (χ4v) is 2.73. The van der Waals surface area contributed by atoms with Crippen LogP contribution in [0.3, 0.4) is 0 Å². The minimum Gasteiger partial charge on any atom is -0.477 e. The van der Waals surface area contributed by atoms with Gasteiger partial charge in [0.25, 0.3) is 5.56 Å². The van der Waals surface area contributed by atoms with E-state index in [1.807, 2.05) is 0 Å². The molecule has 1 aromatic heterocycles. The van der Waals surface area contributed by atoms with Crippen molar-refractivity contribution in [3.63, 3.8) is 0 Å². The van der Waals surface area contributed by atoms with Crippen LogP contribution in [0.1, 0.15) is 10.4 Å². The summed E-state index contributed by atoms with van der Waals surface area (Å²) in [5.74, 6) is -1.31. The van der Waals surface area contributed by atoms with E-state index in [1.54, 1.807) is 12.1 Å². The van der Waals surface area contributed by atoms with Crippen LogP contribution in [0.2, 0.25) is 0 Å². The van der Waals surface area contributed by atoms with Crippen LogP contribution in [0.4, 0.5) is 0 Å². The maximum absolute atomic E-state index is 12.0. The SMILES string of the molecule is CN(C)S(=O)(=O)c1ccc(-c2ccc(C(=O)O)c(=O)[nH]2)cc1. The second-order valence-electron chi connectivity index (χ2n) is 4.73. The summed E-state index contributed by atoms with van der Waals surface area (Å²) in [5.41, 5.74) is -0.0823. The van der Waals surface area contributed by atoms with Crippen molar-refractivity contribution in [2.45, 2.75) is 4.90 Å². The lowest BCUT2D eigenvalue weighted by Crippen LogP contribution is -2.22. The standard InChI is InChI=1S/C14H14N2O5S/c1-16(2)22(20,21)10-5-3-9(4-6-10)12-8-7-11(14(18)19)13(17)15-12/h3-8H,1-2H3,(H,15,17)(H,18,19). The van der Waals surface area contributed by atoms with Gasteiger partial charge in [-0.15, -0.1) is 0 Å². The highest BCUT2D eigenvalue weighted by atomic mass is 32.2. The van der Waals surface area contributed by atoms with Gasteiger partial charge in [0.1, 0.15) is 5.56 Å². The number of hydrogen-bond acceptors (Lipinski definition) is 4. The Bertz CT molecular complexity index is 867. The van der Waals surface area contributed by atoms with Crippen LogP contribution in [0.5, 0.6) is 0 Å². The molecule has 0 spiro atoms. The van der Waals surface area contributed by atoms with Crippen LogP contribution in [0.15, 0.2) is 46.1 Å². The number of benzene rings is 1. The molecule has 1 heterocycles. The van der Waals surface area contributed by atoms with Gasteiger partial charge in [-0.2, -0.15) is 0 Å². The minimum atomic E-state index is -3.52. The molecule has 0 aliphatic carbocycles. The zero-order valence-electron chi connectivity index (χ0n) is 11.9. The van der Waals surface area contributed by atoms with E-state index in [4.69, 9.17) is 5.11 Å². The first-order valence-corrected chi connectivity index (χ1v) is 7.67. The third kappa shape index (κ3) is 2.92. The van der Waals surface area contributed by atoms with Crippen LogP contribution in [0, 0.1) is 0 Å². The van der Waals surface area contributed by atoms with Crippen molar-refractivity contribution in [3.8, 4) is 11.3 Å². The molecule has 0 radical (unpaired) electrons. The fraction of sp³-hybridized carbons (Fsp3) is 0.143. The van der Waals surface area contributed by atoms with Crippen LogP contribution >= 0.6 is 0 Å². The summed E-state index contributed by atoms with van der Waals surface area (Å²) < 4.78 is 25.0. The Hall–Kier alpha value is -2.45. The number of sulfonamides is 1. The Morgan fingerprint density at radius 3 is 2.14 bits per heavy atom. The first-order chi connectivity index (χ1) is 10.2. The molecule has 0 fully saturated rings. The van der Waals surface area contributed by atoms with E-state index in [1.165, 1.54) is 38.4 Å². The topological polar surface area (TPSA) is 108 Å². The van der Waals surface area contributed by atoms with Gasteiger partial charge in [0.05, 0.1) is 4.90 Å². The van der Waals surface area contributed by atoms with Crippen molar-refractivity contribution in [3.05, 3.63) is 52.3 Å². The molecule has 0 saturated heterocycles. The summed E-state index contributed by atoms with van der Waals surface area (Å²) in [7, 11) is -0.647. The molecular formula is C14H14N2O5S. The summed E-state index contributed by atoms with van der Waals surface area (Å²) >= 11 is 0. The third-order valence-electron chi connectivity index (χ3n) is 3.08. The zero-order valence-corrected chi connectivity index (χ0v) is 12.7. The molecular weight excluding hydrogens is 308 g/mol. The van der Waals surface area contributed by atoms with Gasteiger partial charge < -0.3 is 10.1 Å². The number of rotatable bonds is 4. The van der Waals surface area contributed by atoms with Crippen LogP contribution in [-0.4, -0.2) is 42.9 Å². The molecule has 2 aromatic rings. The number of nitrogens with zero attached hydrogens (tertiary/aromatic N) is 1. The van der Waals surface area contributed by atoms with E-state index in [2.05, 4.69) is 4.98 Å². The lowest BCUT2D eigenvalue weighted by molar-refractivity contribution is 0.0695. The van der Waals surface area contributed by atoms with Crippen LogP contribution in [-0.2, 0) is 10.0 Å². The highest BCUT2D eigenvalue weighted by Gasteiger charge is 2.17. The second-order valence-corrected chi connectivity index (χ2v) is 6.88. The van der Waals surface area contributed by atoms with E-state index in [-0.39, 0.29) is 10.5 Å². The molecule has 2 N–H and O–H groups in total. The number of H-pyrrole nitrogens is 1. The summed E-state index contributed by atoms with van der Waals surface area (Å²) in [6.07, 6.45) is 0. The van der Waals surface area contributed by atoms with Crippen molar-refractivity contribution in [1.29, 1.82) is 0 Å². The van der Waals surface area contributed by atoms with Crippen molar-refractivity contribution >= 4 is 16.0 Å². The predicted octanol–water partition coefficient (Wildman–Crippen LogP) is 0.990. The number of hydrogen-bond donors (Lipinski definition) is 2. The number of aromatic nitrogens is 1. The third-order valence-corrected chi connectivity index (χ3v) is 4.91. The maximum atomic E-state index is 12.0. The van der Waals surface area contributed by atoms with Crippen molar-refractivity contribution in [2.24, 2.45) is 0 Å². The Morgan fingerprint density at radius 2 is 1.68 bits per heavy atom.